The molecule has 0 unspecified atom stereocenters. The lowest BCUT2D eigenvalue weighted by Crippen LogP contribution is -1.99. The SMILES string of the molecule is COc1cc(Nc2ccnc3ccc(Br)cc23)cc(-n2cncn2)c1. The molecule has 0 saturated heterocycles. The molecular formula is C18H14BrN5O. The molecule has 0 fully saturated rings. The lowest BCUT2D eigenvalue weighted by molar-refractivity contribution is 0.414. The summed E-state index contributed by atoms with van der Waals surface area (Å²) in [6, 6.07) is 13.8. The molecule has 25 heavy (non-hydrogen) atoms. The monoisotopic (exact) mass is 395 g/mol. The molecular weight excluding hydrogens is 382 g/mol. The molecule has 0 spiro atoms. The number of rotatable bonds is 4. The zero-order chi connectivity index (χ0) is 17.2. The van der Waals surface area contributed by atoms with E-state index in [-0.39, 0.29) is 0 Å². The Morgan fingerprint density at radius 2 is 2.04 bits per heavy atom. The van der Waals surface area contributed by atoms with Crippen molar-refractivity contribution in [3.8, 4) is 11.4 Å². The van der Waals surface area contributed by atoms with Crippen LogP contribution in [0, 0.1) is 0 Å². The van der Waals surface area contributed by atoms with Gasteiger partial charge in [0.1, 0.15) is 18.4 Å². The van der Waals surface area contributed by atoms with Crippen molar-refractivity contribution in [3.63, 3.8) is 0 Å². The second-order valence-corrected chi connectivity index (χ2v) is 6.32. The quantitative estimate of drug-likeness (QED) is 0.556. The van der Waals surface area contributed by atoms with Crippen LogP contribution in [0.5, 0.6) is 5.75 Å². The third-order valence-electron chi connectivity index (χ3n) is 3.79. The molecule has 0 atom stereocenters. The second-order valence-electron chi connectivity index (χ2n) is 5.40. The van der Waals surface area contributed by atoms with Crippen LogP contribution in [-0.4, -0.2) is 26.9 Å². The molecule has 2 aromatic carbocycles. The van der Waals surface area contributed by atoms with Crippen molar-refractivity contribution in [2.75, 3.05) is 12.4 Å². The van der Waals surface area contributed by atoms with Crippen LogP contribution in [0.25, 0.3) is 16.6 Å². The average Bonchev–Trinajstić information content (AvgIpc) is 3.17. The highest BCUT2D eigenvalue weighted by molar-refractivity contribution is 9.10. The zero-order valence-electron chi connectivity index (χ0n) is 13.3. The summed E-state index contributed by atoms with van der Waals surface area (Å²) in [4.78, 5) is 8.40. The number of hydrogen-bond acceptors (Lipinski definition) is 5. The van der Waals surface area contributed by atoms with Gasteiger partial charge in [0.25, 0.3) is 0 Å². The fourth-order valence-corrected chi connectivity index (χ4v) is 2.99. The maximum Gasteiger partial charge on any atom is 0.138 e. The van der Waals surface area contributed by atoms with Crippen LogP contribution in [0.15, 0.2) is 65.8 Å². The average molecular weight is 396 g/mol. The van der Waals surface area contributed by atoms with Gasteiger partial charge < -0.3 is 10.1 Å². The van der Waals surface area contributed by atoms with Crippen LogP contribution < -0.4 is 10.1 Å². The Morgan fingerprint density at radius 3 is 2.84 bits per heavy atom. The largest absolute Gasteiger partial charge is 0.497 e. The number of ether oxygens (including phenoxy) is 1. The maximum atomic E-state index is 5.42. The van der Waals surface area contributed by atoms with E-state index in [4.69, 9.17) is 4.74 Å². The minimum Gasteiger partial charge on any atom is -0.497 e. The van der Waals surface area contributed by atoms with E-state index in [1.807, 2.05) is 42.5 Å². The molecule has 0 radical (unpaired) electrons. The first kappa shape index (κ1) is 15.6. The molecule has 0 amide bonds. The Morgan fingerprint density at radius 1 is 1.12 bits per heavy atom. The first-order valence-corrected chi connectivity index (χ1v) is 8.37. The van der Waals surface area contributed by atoms with Crippen molar-refractivity contribution in [2.45, 2.75) is 0 Å². The van der Waals surface area contributed by atoms with Gasteiger partial charge >= 0.3 is 0 Å². The molecule has 1 N–H and O–H groups in total. The number of hydrogen-bond donors (Lipinski definition) is 1. The molecule has 7 heteroatoms. The van der Waals surface area contributed by atoms with Gasteiger partial charge in [0.15, 0.2) is 0 Å². The number of methoxy groups -OCH3 is 1. The lowest BCUT2D eigenvalue weighted by Gasteiger charge is -2.13. The van der Waals surface area contributed by atoms with Gasteiger partial charge in [-0.25, -0.2) is 9.67 Å². The van der Waals surface area contributed by atoms with E-state index in [9.17, 15) is 0 Å². The molecule has 124 valence electrons. The smallest absolute Gasteiger partial charge is 0.138 e. The summed E-state index contributed by atoms with van der Waals surface area (Å²) >= 11 is 3.52. The minimum atomic E-state index is 0.732. The molecule has 0 bridgehead atoms. The Kier molecular flexibility index (Phi) is 4.07. The molecule has 4 rings (SSSR count). The number of aromatic nitrogens is 4. The van der Waals surface area contributed by atoms with E-state index in [0.29, 0.717) is 0 Å². The van der Waals surface area contributed by atoms with Gasteiger partial charge in [0, 0.05) is 39.6 Å². The summed E-state index contributed by atoms with van der Waals surface area (Å²) in [6.45, 7) is 0. The Bertz CT molecular complexity index is 1030. The summed E-state index contributed by atoms with van der Waals surface area (Å²) in [5, 5.41) is 8.66. The predicted molar refractivity (Wildman–Crippen MR) is 101 cm³/mol. The minimum absolute atomic E-state index is 0.732. The van der Waals surface area contributed by atoms with Gasteiger partial charge in [-0.3, -0.25) is 4.98 Å². The number of benzene rings is 2. The van der Waals surface area contributed by atoms with Crippen molar-refractivity contribution < 1.29 is 4.74 Å². The van der Waals surface area contributed by atoms with E-state index < -0.39 is 0 Å². The van der Waals surface area contributed by atoms with E-state index in [1.165, 1.54) is 6.33 Å². The normalized spacial score (nSPS) is 10.8. The first-order chi connectivity index (χ1) is 12.2. The Balaban J connectivity index is 1.78. The molecule has 4 aromatic rings. The van der Waals surface area contributed by atoms with E-state index in [2.05, 4.69) is 36.3 Å². The summed E-state index contributed by atoms with van der Waals surface area (Å²) in [6.07, 6.45) is 4.94. The van der Waals surface area contributed by atoms with Gasteiger partial charge in [-0.05, 0) is 30.3 Å². The van der Waals surface area contributed by atoms with Crippen LogP contribution in [0.1, 0.15) is 0 Å². The van der Waals surface area contributed by atoms with Crippen molar-refractivity contribution in [1.82, 2.24) is 19.7 Å². The van der Waals surface area contributed by atoms with Gasteiger partial charge in [-0.15, -0.1) is 0 Å². The summed E-state index contributed by atoms with van der Waals surface area (Å²) in [5.74, 6) is 0.732. The first-order valence-electron chi connectivity index (χ1n) is 7.58. The molecule has 0 saturated carbocycles. The van der Waals surface area contributed by atoms with Gasteiger partial charge in [0.2, 0.25) is 0 Å². The summed E-state index contributed by atoms with van der Waals surface area (Å²) in [7, 11) is 1.64. The highest BCUT2D eigenvalue weighted by atomic mass is 79.9. The predicted octanol–water partition coefficient (Wildman–Crippen LogP) is 4.33. The lowest BCUT2D eigenvalue weighted by atomic mass is 10.1. The molecule has 0 aliphatic carbocycles. The number of nitrogens with zero attached hydrogens (tertiary/aromatic N) is 4. The second kappa shape index (κ2) is 6.52. The molecule has 6 nitrogen and oxygen atoms in total. The van der Waals surface area contributed by atoms with Crippen molar-refractivity contribution in [3.05, 3.63) is 65.8 Å². The van der Waals surface area contributed by atoms with Crippen molar-refractivity contribution in [2.24, 2.45) is 0 Å². The third kappa shape index (κ3) is 3.18. The standard InChI is InChI=1S/C18H14BrN5O/c1-25-15-8-13(7-14(9-15)24-11-20-10-22-24)23-18-4-5-21-17-3-2-12(19)6-16(17)18/h2-11H,1H3,(H,21,23). The fraction of sp³-hybridized carbons (Fsp3) is 0.0556. The van der Waals surface area contributed by atoms with Crippen LogP contribution in [0.2, 0.25) is 0 Å². The van der Waals surface area contributed by atoms with E-state index in [1.54, 1.807) is 24.3 Å². The van der Waals surface area contributed by atoms with Crippen LogP contribution in [-0.2, 0) is 0 Å². The number of fused-ring (bicyclic) bond motifs is 1. The molecule has 0 aliphatic heterocycles. The number of pyridine rings is 1. The topological polar surface area (TPSA) is 64.9 Å². The fourth-order valence-electron chi connectivity index (χ4n) is 2.63. The third-order valence-corrected chi connectivity index (χ3v) is 4.29. The van der Waals surface area contributed by atoms with Crippen LogP contribution >= 0.6 is 15.9 Å². The zero-order valence-corrected chi connectivity index (χ0v) is 14.9. The summed E-state index contributed by atoms with van der Waals surface area (Å²) in [5.41, 5.74) is 3.63. The van der Waals surface area contributed by atoms with Gasteiger partial charge in [-0.2, -0.15) is 5.10 Å². The highest BCUT2D eigenvalue weighted by Gasteiger charge is 2.07. The summed E-state index contributed by atoms with van der Waals surface area (Å²) < 4.78 is 8.11. The van der Waals surface area contributed by atoms with Crippen molar-refractivity contribution >= 4 is 38.2 Å². The highest BCUT2D eigenvalue weighted by Crippen LogP contribution is 2.30. The van der Waals surface area contributed by atoms with E-state index in [0.717, 1.165) is 38.2 Å². The molecule has 2 heterocycles. The maximum absolute atomic E-state index is 5.42. The number of nitrogens with one attached hydrogen (secondary N) is 1. The Hall–Kier alpha value is -2.93. The number of halogens is 1. The van der Waals surface area contributed by atoms with Crippen LogP contribution in [0.3, 0.4) is 0 Å². The Labute approximate surface area is 152 Å². The van der Waals surface area contributed by atoms with E-state index >= 15 is 0 Å². The molecule has 2 aromatic heterocycles. The van der Waals surface area contributed by atoms with Gasteiger partial charge in [0.05, 0.1) is 18.3 Å². The van der Waals surface area contributed by atoms with Gasteiger partial charge in [-0.1, -0.05) is 15.9 Å². The number of anilines is 2. The van der Waals surface area contributed by atoms with Crippen LogP contribution in [0.4, 0.5) is 11.4 Å². The molecule has 0 aliphatic rings. The van der Waals surface area contributed by atoms with Crippen molar-refractivity contribution in [1.29, 1.82) is 0 Å².